The summed E-state index contributed by atoms with van der Waals surface area (Å²) in [7, 11) is 0. The first kappa shape index (κ1) is 12.6. The van der Waals surface area contributed by atoms with Gasteiger partial charge < -0.3 is 4.90 Å². The van der Waals surface area contributed by atoms with Crippen molar-refractivity contribution in [3.05, 3.63) is 36.2 Å². The maximum atomic E-state index is 13.4. The molecule has 118 valence electrons. The van der Waals surface area contributed by atoms with Crippen molar-refractivity contribution in [3.8, 4) is 5.69 Å². The lowest BCUT2D eigenvalue weighted by Crippen LogP contribution is -2.32. The zero-order valence-corrected chi connectivity index (χ0v) is 13.4. The topological polar surface area (TPSA) is 51.0 Å². The number of anilines is 1. The summed E-state index contributed by atoms with van der Waals surface area (Å²) in [6.07, 6.45) is 5.71. The molecule has 0 saturated carbocycles. The normalized spacial score (nSPS) is 14.8. The molecular formula is C15H19FN4OS. The largest absolute Gasteiger partial charge is 0.312 e. The maximum Gasteiger partial charge on any atom is 0.230 e. The highest BCUT2D eigenvalue weighted by Crippen LogP contribution is 2.22. The number of halogens is 1. The molecule has 5 nitrogen and oxygen atoms in total. The van der Waals surface area contributed by atoms with Crippen molar-refractivity contribution in [1.29, 1.82) is 0 Å². The van der Waals surface area contributed by atoms with Crippen LogP contribution in [0.5, 0.6) is 0 Å². The number of hydrogen-bond acceptors (Lipinski definition) is 4. The van der Waals surface area contributed by atoms with Gasteiger partial charge in [-0.25, -0.2) is 9.07 Å². The smallest absolute Gasteiger partial charge is 0.230 e. The molecule has 2 rings (SSSR count). The first-order valence-electron chi connectivity index (χ1n) is 8.15. The summed E-state index contributed by atoms with van der Waals surface area (Å²) in [6, 6.07) is 1.22. The Morgan fingerprint density at radius 3 is 3.00 bits per heavy atom. The molecule has 2 heterocycles. The van der Waals surface area contributed by atoms with Crippen molar-refractivity contribution >= 4 is 23.4 Å². The van der Waals surface area contributed by atoms with Crippen LogP contribution in [0.2, 0.25) is 0 Å². The van der Waals surface area contributed by atoms with E-state index in [1.165, 1.54) is 34.9 Å². The molecule has 0 spiro atoms. The van der Waals surface area contributed by atoms with Gasteiger partial charge in [0.2, 0.25) is 5.91 Å². The van der Waals surface area contributed by atoms with Crippen LogP contribution in [0.25, 0.3) is 5.69 Å². The summed E-state index contributed by atoms with van der Waals surface area (Å²) in [6.45, 7) is 0.639. The average molecular weight is 325 g/mol. The molecule has 0 aliphatic rings. The second kappa shape index (κ2) is 6.91. The lowest BCUT2D eigenvalue weighted by Gasteiger charge is -2.20. The van der Waals surface area contributed by atoms with Crippen LogP contribution >= 0.6 is 11.8 Å². The second-order valence-corrected chi connectivity index (χ2v) is 5.85. The van der Waals surface area contributed by atoms with E-state index in [-0.39, 0.29) is 5.69 Å². The number of aryl methyl sites for hydroxylation is 1. The van der Waals surface area contributed by atoms with Gasteiger partial charge in [-0.05, 0) is 13.2 Å². The Bertz CT molecular complexity index is 765. The molecule has 7 heteroatoms. The summed E-state index contributed by atoms with van der Waals surface area (Å²) in [5.41, 5.74) is 0.858. The molecule has 2 aromatic rings. The van der Waals surface area contributed by atoms with E-state index in [1.807, 2.05) is 6.26 Å². The Morgan fingerprint density at radius 1 is 1.59 bits per heavy atom. The van der Waals surface area contributed by atoms with Gasteiger partial charge in [0.25, 0.3) is 0 Å². The van der Waals surface area contributed by atoms with Crippen LogP contribution in [0.4, 0.5) is 10.1 Å². The molecule has 1 amide bonds. The Balaban J connectivity index is 2.47. The lowest BCUT2D eigenvalue weighted by molar-refractivity contribution is -0.120. The number of carbonyl (C=O) groups excluding carboxylic acids is 1. The van der Waals surface area contributed by atoms with Gasteiger partial charge in [-0.2, -0.15) is 16.9 Å². The highest BCUT2D eigenvalue weighted by Gasteiger charge is 2.21. The number of thioether (sulfide) groups is 1. The highest BCUT2D eigenvalue weighted by molar-refractivity contribution is 7.98. The van der Waals surface area contributed by atoms with Crippen LogP contribution in [0.1, 0.15) is 16.7 Å². The average Bonchev–Trinajstić information content (AvgIpc) is 2.88. The fourth-order valence-corrected chi connectivity index (χ4v) is 2.63. The van der Waals surface area contributed by atoms with Gasteiger partial charge in [0.1, 0.15) is 5.82 Å². The van der Waals surface area contributed by atoms with Gasteiger partial charge >= 0.3 is 0 Å². The molecule has 0 fully saturated rings. The molecule has 1 atom stereocenters. The van der Waals surface area contributed by atoms with Crippen LogP contribution in [0, 0.1) is 18.7 Å². The summed E-state index contributed by atoms with van der Waals surface area (Å²) in [4.78, 5) is 17.2. The molecule has 0 saturated heterocycles. The van der Waals surface area contributed by atoms with Crippen molar-refractivity contribution in [2.75, 3.05) is 23.9 Å². The van der Waals surface area contributed by atoms with Crippen molar-refractivity contribution in [3.63, 3.8) is 0 Å². The predicted molar refractivity (Wildman–Crippen MR) is 87.0 cm³/mol. The predicted octanol–water partition coefficient (Wildman–Crippen LogP) is 2.68. The van der Waals surface area contributed by atoms with Gasteiger partial charge in [0.05, 0.1) is 35.7 Å². The number of amides is 1. The standard InChI is InChI=1S/C15H19FN4OS/c1-10(9-22-4)15(21)19(3)14-8-20(18-11(14)2)13-5-12(16)6-17-7-13/h5-8,10H,9H2,1-4H3/i3D3. The number of nitrogens with zero attached hydrogens (tertiary/aromatic N) is 4. The summed E-state index contributed by atoms with van der Waals surface area (Å²) in [5.74, 6) is -1.00. The van der Waals surface area contributed by atoms with E-state index in [4.69, 9.17) is 4.11 Å². The fourth-order valence-electron chi connectivity index (χ4n) is 1.99. The van der Waals surface area contributed by atoms with E-state index in [0.29, 0.717) is 17.1 Å². The van der Waals surface area contributed by atoms with Gasteiger partial charge in [0, 0.05) is 28.8 Å². The number of rotatable bonds is 5. The molecule has 1 unspecified atom stereocenters. The van der Waals surface area contributed by atoms with Crippen molar-refractivity contribution in [2.24, 2.45) is 5.92 Å². The molecule has 2 aromatic heterocycles. The molecule has 0 N–H and O–H groups in total. The Hall–Kier alpha value is -1.89. The van der Waals surface area contributed by atoms with E-state index in [1.54, 1.807) is 13.8 Å². The van der Waals surface area contributed by atoms with E-state index < -0.39 is 24.6 Å². The number of carbonyl (C=O) groups is 1. The molecule has 0 aromatic carbocycles. The van der Waals surface area contributed by atoms with Gasteiger partial charge in [-0.15, -0.1) is 0 Å². The minimum absolute atomic E-state index is 0.169. The van der Waals surface area contributed by atoms with Gasteiger partial charge in [0.15, 0.2) is 0 Å². The number of aromatic nitrogens is 3. The van der Waals surface area contributed by atoms with Crippen LogP contribution in [-0.2, 0) is 4.79 Å². The molecule has 0 bridgehead atoms. The van der Waals surface area contributed by atoms with Crippen LogP contribution in [0.15, 0.2) is 24.7 Å². The molecule has 0 aliphatic heterocycles. The first-order chi connectivity index (χ1) is 11.6. The van der Waals surface area contributed by atoms with E-state index in [9.17, 15) is 9.18 Å². The molecule has 0 aliphatic carbocycles. The maximum absolute atomic E-state index is 13.4. The Labute approximate surface area is 137 Å². The zero-order valence-electron chi connectivity index (χ0n) is 15.6. The minimum atomic E-state index is -2.65. The molecular weight excluding hydrogens is 303 g/mol. The summed E-state index contributed by atoms with van der Waals surface area (Å²) >= 11 is 1.47. The third-order valence-electron chi connectivity index (χ3n) is 3.13. The Kier molecular flexibility index (Phi) is 3.97. The van der Waals surface area contributed by atoms with Crippen LogP contribution in [-0.4, -0.2) is 39.7 Å². The number of hydrogen-bond donors (Lipinski definition) is 0. The SMILES string of the molecule is [2H]C([2H])([2H])N(C(=O)C(C)CSC)c1cn(-c2cncc(F)c2)nc1C. The van der Waals surface area contributed by atoms with E-state index >= 15 is 0 Å². The van der Waals surface area contributed by atoms with Crippen LogP contribution < -0.4 is 4.90 Å². The third-order valence-corrected chi connectivity index (χ3v) is 3.96. The monoisotopic (exact) mass is 325 g/mol. The molecule has 22 heavy (non-hydrogen) atoms. The zero-order chi connectivity index (χ0) is 18.8. The highest BCUT2D eigenvalue weighted by atomic mass is 32.2. The third kappa shape index (κ3) is 3.47. The van der Waals surface area contributed by atoms with Crippen LogP contribution in [0.3, 0.4) is 0 Å². The second-order valence-electron chi connectivity index (χ2n) is 4.94. The minimum Gasteiger partial charge on any atom is -0.312 e. The first-order valence-corrected chi connectivity index (χ1v) is 8.04. The quantitative estimate of drug-likeness (QED) is 0.848. The van der Waals surface area contributed by atoms with E-state index in [0.717, 1.165) is 11.1 Å². The van der Waals surface area contributed by atoms with E-state index in [2.05, 4.69) is 10.1 Å². The van der Waals surface area contributed by atoms with Gasteiger partial charge in [-0.1, -0.05) is 6.92 Å². The number of pyridine rings is 1. The molecule has 0 radical (unpaired) electrons. The Morgan fingerprint density at radius 2 is 2.36 bits per heavy atom. The fraction of sp³-hybridized carbons (Fsp3) is 0.400. The summed E-state index contributed by atoms with van der Waals surface area (Å²) < 4.78 is 37.9. The lowest BCUT2D eigenvalue weighted by atomic mass is 10.2. The summed E-state index contributed by atoms with van der Waals surface area (Å²) in [5, 5.41) is 4.21. The van der Waals surface area contributed by atoms with Crippen molar-refractivity contribution in [2.45, 2.75) is 13.8 Å². The van der Waals surface area contributed by atoms with Gasteiger partial charge in [-0.3, -0.25) is 9.78 Å². The van der Waals surface area contributed by atoms with Crippen molar-refractivity contribution in [1.82, 2.24) is 14.8 Å². The van der Waals surface area contributed by atoms with Crippen molar-refractivity contribution < 1.29 is 13.3 Å².